The summed E-state index contributed by atoms with van der Waals surface area (Å²) in [7, 11) is 0. The number of hydrogen-bond donors (Lipinski definition) is 1. The van der Waals surface area contributed by atoms with Gasteiger partial charge in [-0.3, -0.25) is 19.9 Å². The number of aromatic nitrogens is 12. The quantitative estimate of drug-likeness (QED) is 0.0717. The Morgan fingerprint density at radius 3 is 0.898 bits per heavy atom. The molecule has 127 heavy (non-hydrogen) atoms. The van der Waals surface area contributed by atoms with Gasteiger partial charge in [0, 0.05) is 91.5 Å². The van der Waals surface area contributed by atoms with E-state index in [0.717, 1.165) is 162 Å². The first-order chi connectivity index (χ1) is 62.8. The Labute approximate surface area is 735 Å². The van der Waals surface area contributed by atoms with E-state index in [1.165, 1.54) is 10.8 Å². The van der Waals surface area contributed by atoms with E-state index in [2.05, 4.69) is 264 Å². The third kappa shape index (κ3) is 17.5. The molecule has 0 bridgehead atoms. The maximum absolute atomic E-state index is 6.64. The Kier molecular flexibility index (Phi) is 22.3. The van der Waals surface area contributed by atoms with E-state index in [-0.39, 0.29) is 0 Å². The van der Waals surface area contributed by atoms with Crippen LogP contribution in [0.1, 0.15) is 17.0 Å². The number of pyridine rings is 5. The first-order valence-corrected chi connectivity index (χ1v) is 42.2. The number of para-hydroxylation sites is 2. The second kappa shape index (κ2) is 36.2. The van der Waals surface area contributed by atoms with Crippen LogP contribution in [0.5, 0.6) is 0 Å². The van der Waals surface area contributed by atoms with Gasteiger partial charge in [-0.1, -0.05) is 370 Å². The van der Waals surface area contributed by atoms with Crippen molar-refractivity contribution >= 4 is 33.1 Å². The van der Waals surface area contributed by atoms with Gasteiger partial charge in [0.2, 0.25) is 0 Å². The molecule has 0 radical (unpaired) electrons. The highest BCUT2D eigenvalue weighted by Crippen LogP contribution is 2.38. The Bertz CT molecular complexity index is 7290. The summed E-state index contributed by atoms with van der Waals surface area (Å²) < 4.78 is 2.28. The van der Waals surface area contributed by atoms with Gasteiger partial charge in [-0.2, -0.15) is 0 Å². The number of fused-ring (bicyclic) bond motifs is 3. The minimum atomic E-state index is 0.602. The molecule has 0 aliphatic rings. The summed E-state index contributed by atoms with van der Waals surface area (Å²) in [5, 5.41) is 2.44. The molecule has 8 heterocycles. The Morgan fingerprint density at radius 1 is 0.236 bits per heavy atom. The Balaban J connectivity index is 0.000000161. The predicted octanol–water partition coefficient (Wildman–Crippen LogP) is 26.8. The predicted molar refractivity (Wildman–Crippen MR) is 516 cm³/mol. The molecule has 2 N–H and O–H groups in total. The molecular formula is C114H79N13. The van der Waals surface area contributed by atoms with Crippen LogP contribution in [-0.2, 0) is 6.42 Å². The molecular weight excluding hydrogens is 1550 g/mol. The van der Waals surface area contributed by atoms with Gasteiger partial charge >= 0.3 is 0 Å². The van der Waals surface area contributed by atoms with Gasteiger partial charge in [0.1, 0.15) is 0 Å². The summed E-state index contributed by atoms with van der Waals surface area (Å²) in [6, 6.07) is 143. The lowest BCUT2D eigenvalue weighted by Gasteiger charge is -2.11. The van der Waals surface area contributed by atoms with Crippen molar-refractivity contribution in [2.75, 3.05) is 0 Å². The summed E-state index contributed by atoms with van der Waals surface area (Å²) in [6.45, 7) is 0. The normalized spacial score (nSPS) is 11.5. The van der Waals surface area contributed by atoms with Crippen molar-refractivity contribution in [3.8, 4) is 164 Å². The summed E-state index contributed by atoms with van der Waals surface area (Å²) in [4.78, 5) is 53.9. The van der Waals surface area contributed by atoms with Crippen LogP contribution < -0.4 is 5.73 Å². The van der Waals surface area contributed by atoms with E-state index in [9.17, 15) is 0 Å². The van der Waals surface area contributed by atoms with Crippen molar-refractivity contribution in [2.45, 2.75) is 6.42 Å². The molecule has 21 rings (SSSR count). The molecule has 13 nitrogen and oxygen atoms in total. The fourth-order valence-corrected chi connectivity index (χ4v) is 15.8. The van der Waals surface area contributed by atoms with Gasteiger partial charge in [0.15, 0.2) is 34.9 Å². The van der Waals surface area contributed by atoms with Crippen molar-refractivity contribution in [1.29, 1.82) is 0 Å². The van der Waals surface area contributed by atoms with Gasteiger partial charge in [-0.15, -0.1) is 0 Å². The molecule has 21 aromatic rings. The van der Waals surface area contributed by atoms with Crippen molar-refractivity contribution in [3.63, 3.8) is 0 Å². The molecule has 0 saturated heterocycles. The largest absolute Gasteiger partial charge is 0.397 e. The molecule has 0 atom stereocenters. The standard InChI is InChI=1S/C60H39N7.C54H40N6/c1-4-14-40(15-5-1)48-36-54(63-55(37-48)53-35-33-49(39-62-53)67-56-22-12-10-20-50(56)51-21-11-13-23-57(51)67)52-34-32-47(38-61-52)43-26-24-41(25-27-43)42-28-30-46(31-29-42)60-65-58(44-16-6-2-7-17-44)64-59(66-60)45-18-8-3-9-19-45;55-50(51-34-31-48(37-57-51)39-15-7-2-8-16-39)35-46(38-13-5-1-6-14-38)29-32-49-33-30-47(36-56-49)42-23-21-40(22-24-42)41-25-27-45(28-26-41)54-59-52(43-17-9-3-10-18-43)58-53(60-54)44-19-11-4-12-20-44/h1-39H;1-31,33-37H,32,55H2/b;46-29+,50-35-. The Morgan fingerprint density at radius 2 is 0.535 bits per heavy atom. The van der Waals surface area contributed by atoms with E-state index in [1.807, 2.05) is 201 Å². The first kappa shape index (κ1) is 78.3. The zero-order valence-electron chi connectivity index (χ0n) is 69.0. The van der Waals surface area contributed by atoms with Crippen molar-refractivity contribution in [1.82, 2.24) is 59.4 Å². The van der Waals surface area contributed by atoms with Crippen LogP contribution in [-0.4, -0.2) is 59.4 Å². The SMILES string of the molecule is N/C(=C\C(=C/Cc1ccc(-c2ccc(-c3ccc(-c4nc(-c5ccccc5)nc(-c5ccccc5)n4)cc3)cc2)cn1)c1ccccc1)c1ccc(-c2ccccc2)cn1.c1ccc(-c2cc(-c3ccc(-c4ccc(-c5ccc(-c6nc(-c7ccccc7)nc(-c7ccccc7)n6)cc5)cc4)cn3)nc(-c3ccc(-n4c5ccccc5c5ccccc54)cn3)c2)cc1. The monoisotopic (exact) mass is 1630 g/mol. The van der Waals surface area contributed by atoms with E-state index < -0.39 is 0 Å². The van der Waals surface area contributed by atoms with Crippen LogP contribution in [0.4, 0.5) is 0 Å². The van der Waals surface area contributed by atoms with Gasteiger partial charge in [-0.25, -0.2) is 34.9 Å². The van der Waals surface area contributed by atoms with Crippen LogP contribution in [0.3, 0.4) is 0 Å². The second-order valence-electron chi connectivity index (χ2n) is 30.7. The average Bonchev–Trinajstić information content (AvgIpc) is 1.60. The highest BCUT2D eigenvalue weighted by molar-refractivity contribution is 6.09. The summed E-state index contributed by atoms with van der Waals surface area (Å²) >= 11 is 0. The topological polar surface area (TPSA) is 173 Å². The lowest BCUT2D eigenvalue weighted by molar-refractivity contribution is 1.07. The highest BCUT2D eigenvalue weighted by atomic mass is 15.0. The third-order valence-corrected chi connectivity index (χ3v) is 22.5. The lowest BCUT2D eigenvalue weighted by atomic mass is 9.99. The minimum Gasteiger partial charge on any atom is -0.397 e. The molecule has 0 fully saturated rings. The van der Waals surface area contributed by atoms with Gasteiger partial charge in [-0.05, 0) is 122 Å². The van der Waals surface area contributed by atoms with Crippen molar-refractivity contribution < 1.29 is 0 Å². The van der Waals surface area contributed by atoms with Crippen LogP contribution in [0.25, 0.3) is 197 Å². The number of nitrogens with zero attached hydrogens (tertiary/aromatic N) is 12. The van der Waals surface area contributed by atoms with Crippen molar-refractivity contribution in [2.24, 2.45) is 5.73 Å². The lowest BCUT2D eigenvalue weighted by Crippen LogP contribution is -2.00. The van der Waals surface area contributed by atoms with E-state index >= 15 is 0 Å². The smallest absolute Gasteiger partial charge is 0.164 e. The van der Waals surface area contributed by atoms with Crippen molar-refractivity contribution in [3.05, 3.63) is 472 Å². The fraction of sp³-hybridized carbons (Fsp3) is 0.00877. The van der Waals surface area contributed by atoms with E-state index in [1.54, 1.807) is 0 Å². The van der Waals surface area contributed by atoms with Gasteiger partial charge in [0.25, 0.3) is 0 Å². The number of nitrogens with two attached hydrogens (primary N) is 1. The molecule has 0 unspecified atom stereocenters. The molecule has 600 valence electrons. The van der Waals surface area contributed by atoms with Crippen LogP contribution >= 0.6 is 0 Å². The average molecular weight is 1630 g/mol. The van der Waals surface area contributed by atoms with Gasteiger partial charge < -0.3 is 10.3 Å². The van der Waals surface area contributed by atoms with E-state index in [4.69, 9.17) is 55.6 Å². The minimum absolute atomic E-state index is 0.602. The van der Waals surface area contributed by atoms with E-state index in [0.29, 0.717) is 47.1 Å². The summed E-state index contributed by atoms with van der Waals surface area (Å²) in [6.07, 6.45) is 12.5. The molecule has 13 heteroatoms. The molecule has 0 aliphatic carbocycles. The number of rotatable bonds is 20. The number of benzene rings is 13. The van der Waals surface area contributed by atoms with Gasteiger partial charge in [0.05, 0.1) is 57.1 Å². The summed E-state index contributed by atoms with van der Waals surface area (Å²) in [5.74, 6) is 3.84. The van der Waals surface area contributed by atoms with Crippen LogP contribution in [0.15, 0.2) is 456 Å². The maximum Gasteiger partial charge on any atom is 0.164 e. The highest BCUT2D eigenvalue weighted by Gasteiger charge is 2.20. The fourth-order valence-electron chi connectivity index (χ4n) is 15.8. The maximum atomic E-state index is 6.64. The molecule has 0 aliphatic heterocycles. The number of allylic oxidation sites excluding steroid dienone is 3. The van der Waals surface area contributed by atoms with Crippen LogP contribution in [0.2, 0.25) is 0 Å². The second-order valence-corrected chi connectivity index (χ2v) is 30.7. The number of hydrogen-bond acceptors (Lipinski definition) is 12. The molecule has 13 aromatic carbocycles. The molecule has 0 saturated carbocycles. The Hall–Kier alpha value is -17.3. The summed E-state index contributed by atoms with van der Waals surface area (Å²) in [5.41, 5.74) is 36.1. The molecule has 0 spiro atoms. The first-order valence-electron chi connectivity index (χ1n) is 42.2. The zero-order chi connectivity index (χ0) is 85.0. The van der Waals surface area contributed by atoms with Crippen LogP contribution in [0, 0.1) is 0 Å². The zero-order valence-corrected chi connectivity index (χ0v) is 69.0. The molecule has 8 aromatic heterocycles. The molecule has 0 amide bonds. The third-order valence-electron chi connectivity index (χ3n) is 22.5.